The van der Waals surface area contributed by atoms with Crippen molar-refractivity contribution in [1.29, 1.82) is 0 Å². The molecular weight excluding hydrogens is 318 g/mol. The summed E-state index contributed by atoms with van der Waals surface area (Å²) in [6, 6.07) is 8.85. The summed E-state index contributed by atoms with van der Waals surface area (Å²) in [5.74, 6) is 0.241. The number of aromatic amines is 1. The van der Waals surface area contributed by atoms with Crippen molar-refractivity contribution in [2.24, 2.45) is 0 Å². The van der Waals surface area contributed by atoms with Gasteiger partial charge in [-0.05, 0) is 42.8 Å². The van der Waals surface area contributed by atoms with Crippen LogP contribution in [0.4, 0.5) is 17.2 Å². The number of rotatable bonds is 4. The summed E-state index contributed by atoms with van der Waals surface area (Å²) >= 11 is 0. The average Bonchev–Trinajstić information content (AvgIpc) is 3.06. The Labute approximate surface area is 143 Å². The number of anilines is 2. The van der Waals surface area contributed by atoms with Crippen molar-refractivity contribution in [2.45, 2.75) is 6.42 Å². The fourth-order valence-corrected chi connectivity index (χ4v) is 3.11. The number of benzene rings is 1. The highest BCUT2D eigenvalue weighted by molar-refractivity contribution is 5.95. The van der Waals surface area contributed by atoms with Crippen molar-refractivity contribution in [3.8, 4) is 0 Å². The number of fused-ring (bicyclic) bond motifs is 1. The topological polar surface area (TPSA) is 95.9 Å². The lowest BCUT2D eigenvalue weighted by Crippen LogP contribution is -2.19. The molecule has 1 aliphatic rings. The zero-order chi connectivity index (χ0) is 17.2. The fourth-order valence-electron chi connectivity index (χ4n) is 3.11. The molecule has 25 heavy (non-hydrogen) atoms. The molecule has 1 aromatic carbocycles. The summed E-state index contributed by atoms with van der Waals surface area (Å²) in [6.07, 6.45) is 6.75. The molecule has 0 spiro atoms. The molecule has 3 heterocycles. The van der Waals surface area contributed by atoms with E-state index >= 15 is 0 Å². The standard InChI is InChI=1S/C18H17N5O2/c24-23(25)17-2-1-7-20-18(17)22-13-3-4-16-14(10-13)15(11-21-16)12-5-8-19-9-6-12/h1-5,7,10-11,19,21H,6,8-9H2,(H,20,22). The number of H-pyrrole nitrogens is 1. The number of hydrogen-bond acceptors (Lipinski definition) is 5. The predicted molar refractivity (Wildman–Crippen MR) is 97.9 cm³/mol. The summed E-state index contributed by atoms with van der Waals surface area (Å²) in [4.78, 5) is 18.1. The molecule has 0 amide bonds. The number of aromatic nitrogens is 2. The molecule has 3 N–H and O–H groups in total. The van der Waals surface area contributed by atoms with E-state index in [4.69, 9.17) is 0 Å². The zero-order valence-electron chi connectivity index (χ0n) is 13.5. The van der Waals surface area contributed by atoms with Gasteiger partial charge in [0.2, 0.25) is 5.82 Å². The molecule has 0 unspecified atom stereocenters. The van der Waals surface area contributed by atoms with Crippen molar-refractivity contribution >= 4 is 33.7 Å². The summed E-state index contributed by atoms with van der Waals surface area (Å²) in [6.45, 7) is 1.84. The largest absolute Gasteiger partial charge is 0.361 e. The lowest BCUT2D eigenvalue weighted by Gasteiger charge is -2.13. The van der Waals surface area contributed by atoms with Gasteiger partial charge in [-0.15, -0.1) is 0 Å². The van der Waals surface area contributed by atoms with Gasteiger partial charge in [-0.3, -0.25) is 10.1 Å². The van der Waals surface area contributed by atoms with Crippen LogP contribution < -0.4 is 10.6 Å². The minimum Gasteiger partial charge on any atom is -0.361 e. The fraction of sp³-hybridized carbons (Fsp3) is 0.167. The molecule has 7 heteroatoms. The van der Waals surface area contributed by atoms with E-state index in [-0.39, 0.29) is 11.5 Å². The molecular formula is C18H17N5O2. The van der Waals surface area contributed by atoms with Crippen LogP contribution in [-0.4, -0.2) is 28.0 Å². The number of nitrogens with one attached hydrogen (secondary N) is 3. The second-order valence-electron chi connectivity index (χ2n) is 5.90. The third kappa shape index (κ3) is 2.97. The van der Waals surface area contributed by atoms with Gasteiger partial charge in [-0.1, -0.05) is 6.08 Å². The smallest absolute Gasteiger partial charge is 0.311 e. The van der Waals surface area contributed by atoms with Gasteiger partial charge >= 0.3 is 5.69 Å². The molecule has 126 valence electrons. The lowest BCUT2D eigenvalue weighted by molar-refractivity contribution is -0.384. The van der Waals surface area contributed by atoms with E-state index in [1.54, 1.807) is 6.07 Å². The third-order valence-corrected chi connectivity index (χ3v) is 4.34. The Hall–Kier alpha value is -3.19. The average molecular weight is 335 g/mol. The second-order valence-corrected chi connectivity index (χ2v) is 5.90. The van der Waals surface area contributed by atoms with E-state index in [0.29, 0.717) is 0 Å². The highest BCUT2D eigenvalue weighted by atomic mass is 16.6. The minimum absolute atomic E-state index is 0.0436. The highest BCUT2D eigenvalue weighted by Gasteiger charge is 2.15. The van der Waals surface area contributed by atoms with Crippen LogP contribution in [0.5, 0.6) is 0 Å². The van der Waals surface area contributed by atoms with E-state index in [1.807, 2.05) is 24.4 Å². The first-order valence-corrected chi connectivity index (χ1v) is 8.10. The van der Waals surface area contributed by atoms with Crippen LogP contribution in [0.25, 0.3) is 16.5 Å². The highest BCUT2D eigenvalue weighted by Crippen LogP contribution is 2.31. The summed E-state index contributed by atoms with van der Waals surface area (Å²) in [7, 11) is 0. The van der Waals surface area contributed by atoms with Crippen LogP contribution in [0.2, 0.25) is 0 Å². The maximum absolute atomic E-state index is 11.2. The van der Waals surface area contributed by atoms with Gasteiger partial charge in [0.1, 0.15) is 0 Å². The quantitative estimate of drug-likeness (QED) is 0.500. The number of hydrogen-bond donors (Lipinski definition) is 3. The Balaban J connectivity index is 1.72. The van der Waals surface area contributed by atoms with Crippen molar-refractivity contribution in [1.82, 2.24) is 15.3 Å². The van der Waals surface area contributed by atoms with Crippen LogP contribution >= 0.6 is 0 Å². The Bertz CT molecular complexity index is 977. The van der Waals surface area contributed by atoms with Gasteiger partial charge in [0, 0.05) is 47.2 Å². The van der Waals surface area contributed by atoms with Crippen LogP contribution in [0.1, 0.15) is 12.0 Å². The van der Waals surface area contributed by atoms with Crippen LogP contribution in [-0.2, 0) is 0 Å². The number of pyridine rings is 1. The van der Waals surface area contributed by atoms with Gasteiger partial charge in [0.15, 0.2) is 0 Å². The number of nitro groups is 1. The van der Waals surface area contributed by atoms with Crippen molar-refractivity contribution in [2.75, 3.05) is 18.4 Å². The van der Waals surface area contributed by atoms with Gasteiger partial charge in [0.05, 0.1) is 4.92 Å². The second kappa shape index (κ2) is 6.37. The molecule has 0 bridgehead atoms. The first-order chi connectivity index (χ1) is 12.2. The van der Waals surface area contributed by atoms with Crippen LogP contribution in [0, 0.1) is 10.1 Å². The van der Waals surface area contributed by atoms with Gasteiger partial charge in [-0.2, -0.15) is 0 Å². The molecule has 0 atom stereocenters. The maximum atomic E-state index is 11.2. The molecule has 4 rings (SSSR count). The minimum atomic E-state index is -0.435. The normalized spacial score (nSPS) is 14.3. The van der Waals surface area contributed by atoms with Gasteiger partial charge in [-0.25, -0.2) is 4.98 Å². The Kier molecular flexibility index (Phi) is 3.91. The summed E-state index contributed by atoms with van der Waals surface area (Å²) < 4.78 is 0. The molecule has 7 nitrogen and oxygen atoms in total. The Morgan fingerprint density at radius 3 is 3.00 bits per heavy atom. The Morgan fingerprint density at radius 1 is 1.28 bits per heavy atom. The maximum Gasteiger partial charge on any atom is 0.311 e. The Morgan fingerprint density at radius 2 is 2.20 bits per heavy atom. The first kappa shape index (κ1) is 15.3. The molecule has 0 saturated carbocycles. The molecule has 2 aromatic heterocycles. The summed E-state index contributed by atoms with van der Waals surface area (Å²) in [5.41, 5.74) is 4.25. The predicted octanol–water partition coefficient (Wildman–Crippen LogP) is 3.59. The monoisotopic (exact) mass is 335 g/mol. The molecule has 0 radical (unpaired) electrons. The molecule has 0 fully saturated rings. The van der Waals surface area contributed by atoms with E-state index < -0.39 is 4.92 Å². The molecule has 3 aromatic rings. The van der Waals surface area contributed by atoms with Crippen molar-refractivity contribution in [3.63, 3.8) is 0 Å². The van der Waals surface area contributed by atoms with Gasteiger partial charge in [0.25, 0.3) is 0 Å². The van der Waals surface area contributed by atoms with E-state index in [2.05, 4.69) is 26.7 Å². The zero-order valence-corrected chi connectivity index (χ0v) is 13.5. The first-order valence-electron chi connectivity index (χ1n) is 8.10. The van der Waals surface area contributed by atoms with Crippen LogP contribution in [0.15, 0.2) is 48.8 Å². The van der Waals surface area contributed by atoms with E-state index in [9.17, 15) is 10.1 Å². The van der Waals surface area contributed by atoms with Crippen molar-refractivity contribution < 1.29 is 4.92 Å². The van der Waals surface area contributed by atoms with Crippen LogP contribution in [0.3, 0.4) is 0 Å². The number of nitrogens with zero attached hydrogens (tertiary/aromatic N) is 2. The third-order valence-electron chi connectivity index (χ3n) is 4.34. The molecule has 0 aliphatic carbocycles. The SMILES string of the molecule is O=[N+]([O-])c1cccnc1Nc1ccc2[nH]cc(C3=CCNCC3)c2c1. The van der Waals surface area contributed by atoms with E-state index in [0.717, 1.165) is 36.1 Å². The molecule has 1 aliphatic heterocycles. The van der Waals surface area contributed by atoms with Gasteiger partial charge < -0.3 is 15.6 Å². The molecule has 0 saturated heterocycles. The van der Waals surface area contributed by atoms with Crippen molar-refractivity contribution in [3.05, 3.63) is 64.5 Å². The summed E-state index contributed by atoms with van der Waals surface area (Å²) in [5, 5.41) is 18.6. The van der Waals surface area contributed by atoms with E-state index in [1.165, 1.54) is 23.4 Å². The lowest BCUT2D eigenvalue weighted by atomic mass is 9.99.